The van der Waals surface area contributed by atoms with Crippen molar-refractivity contribution >= 4 is 27.8 Å². The number of imidazole rings is 1. The zero-order chi connectivity index (χ0) is 23.4. The summed E-state index contributed by atoms with van der Waals surface area (Å²) in [7, 11) is 7.07. The summed E-state index contributed by atoms with van der Waals surface area (Å²) < 4.78 is 5.04. The number of hydrogen-bond donors (Lipinski definition) is 0. The van der Waals surface area contributed by atoms with E-state index in [0.29, 0.717) is 5.56 Å². The second-order valence-corrected chi connectivity index (χ2v) is 8.45. The quantitative estimate of drug-likeness (QED) is 0.431. The molecule has 8 heteroatoms. The fraction of sp³-hybridized carbons (Fsp3) is 0.200. The number of aromatic nitrogens is 5. The first kappa shape index (κ1) is 20.7. The van der Waals surface area contributed by atoms with E-state index < -0.39 is 0 Å². The van der Waals surface area contributed by atoms with Gasteiger partial charge in [-0.3, -0.25) is 23.6 Å². The second kappa shape index (κ2) is 7.44. The van der Waals surface area contributed by atoms with Crippen molar-refractivity contribution in [1.82, 2.24) is 28.8 Å². The lowest BCUT2D eigenvalue weighted by Crippen LogP contribution is -2.21. The van der Waals surface area contributed by atoms with Crippen LogP contribution in [0.5, 0.6) is 0 Å². The first-order valence-electron chi connectivity index (χ1n) is 10.6. The van der Waals surface area contributed by atoms with Crippen molar-refractivity contribution < 1.29 is 4.79 Å². The Kier molecular flexibility index (Phi) is 4.67. The minimum Gasteiger partial charge on any atom is -0.345 e. The molecule has 0 aliphatic rings. The van der Waals surface area contributed by atoms with Gasteiger partial charge in [0.1, 0.15) is 0 Å². The van der Waals surface area contributed by atoms with Crippen LogP contribution in [-0.2, 0) is 14.1 Å². The second-order valence-electron chi connectivity index (χ2n) is 8.45. The topological polar surface area (TPSA) is 78.0 Å². The highest BCUT2D eigenvalue weighted by Crippen LogP contribution is 2.30. The highest BCUT2D eigenvalue weighted by atomic mass is 16.2. The Morgan fingerprint density at radius 2 is 1.70 bits per heavy atom. The predicted molar refractivity (Wildman–Crippen MR) is 129 cm³/mol. The smallest absolute Gasteiger partial charge is 0.333 e. The maximum absolute atomic E-state index is 13.2. The summed E-state index contributed by atoms with van der Waals surface area (Å²) in [5.41, 5.74) is 6.31. The third kappa shape index (κ3) is 3.22. The predicted octanol–water partition coefficient (Wildman–Crippen LogP) is 3.29. The molecular weight excluding hydrogens is 416 g/mol. The van der Waals surface area contributed by atoms with E-state index >= 15 is 0 Å². The minimum absolute atomic E-state index is 0.0360. The van der Waals surface area contributed by atoms with Crippen LogP contribution in [0.4, 0.5) is 0 Å². The Morgan fingerprint density at radius 1 is 1.00 bits per heavy atom. The van der Waals surface area contributed by atoms with Crippen LogP contribution in [0.15, 0.2) is 59.7 Å². The summed E-state index contributed by atoms with van der Waals surface area (Å²) in [6.45, 7) is 1.89. The van der Waals surface area contributed by atoms with Gasteiger partial charge in [0.25, 0.3) is 5.91 Å². The number of fused-ring (bicyclic) bond motifs is 3. The van der Waals surface area contributed by atoms with Crippen molar-refractivity contribution in [3.05, 3.63) is 76.6 Å². The Labute approximate surface area is 190 Å². The molecule has 0 N–H and O–H groups in total. The first-order chi connectivity index (χ1) is 15.8. The van der Waals surface area contributed by atoms with Gasteiger partial charge in [0.15, 0.2) is 0 Å². The largest absolute Gasteiger partial charge is 0.345 e. The summed E-state index contributed by atoms with van der Waals surface area (Å²) in [4.78, 5) is 31.6. The van der Waals surface area contributed by atoms with Gasteiger partial charge in [-0.25, -0.2) is 4.79 Å². The van der Waals surface area contributed by atoms with E-state index in [2.05, 4.69) is 16.1 Å². The van der Waals surface area contributed by atoms with E-state index in [4.69, 9.17) is 0 Å². The SMILES string of the molecule is Cc1nn(C)cc1-n1c(=O)n(C)c2cnc3ccc(-c4ccc(C(=O)N(C)C)cc4)cc3c21. The van der Waals surface area contributed by atoms with Crippen molar-refractivity contribution in [2.75, 3.05) is 14.1 Å². The van der Waals surface area contributed by atoms with Gasteiger partial charge in [0.2, 0.25) is 0 Å². The fourth-order valence-electron chi connectivity index (χ4n) is 4.27. The lowest BCUT2D eigenvalue weighted by atomic mass is 10.0. The molecule has 0 atom stereocenters. The van der Waals surface area contributed by atoms with E-state index in [1.54, 1.807) is 46.1 Å². The van der Waals surface area contributed by atoms with E-state index in [9.17, 15) is 9.59 Å². The van der Waals surface area contributed by atoms with Gasteiger partial charge < -0.3 is 4.90 Å². The number of amides is 1. The molecule has 0 bridgehead atoms. The number of hydrogen-bond acceptors (Lipinski definition) is 4. The van der Waals surface area contributed by atoms with Gasteiger partial charge in [0.05, 0.1) is 34.1 Å². The monoisotopic (exact) mass is 440 g/mol. The summed E-state index contributed by atoms with van der Waals surface area (Å²) in [6, 6.07) is 13.6. The Hall–Kier alpha value is -4.20. The standard InChI is InChI=1S/C25H24N6O2/c1-15-22(14-29(4)27-15)31-23-19-12-18(16-6-8-17(9-7-16)24(32)28(2)3)10-11-20(19)26-13-21(23)30(5)25(31)33/h6-14H,1-5H3. The summed E-state index contributed by atoms with van der Waals surface area (Å²) in [5.74, 6) is -0.0360. The number of benzene rings is 2. The van der Waals surface area contributed by atoms with Crippen LogP contribution in [0, 0.1) is 6.92 Å². The van der Waals surface area contributed by atoms with Crippen LogP contribution >= 0.6 is 0 Å². The summed E-state index contributed by atoms with van der Waals surface area (Å²) >= 11 is 0. The minimum atomic E-state index is -0.146. The van der Waals surface area contributed by atoms with Gasteiger partial charge >= 0.3 is 5.69 Å². The Balaban J connectivity index is 1.75. The molecule has 0 aliphatic heterocycles. The number of aryl methyl sites for hydroxylation is 3. The van der Waals surface area contributed by atoms with Gasteiger partial charge in [0, 0.05) is 45.3 Å². The van der Waals surface area contributed by atoms with Crippen LogP contribution in [0.1, 0.15) is 16.1 Å². The lowest BCUT2D eigenvalue weighted by Gasteiger charge is -2.11. The zero-order valence-electron chi connectivity index (χ0n) is 19.2. The molecule has 0 aliphatic carbocycles. The van der Waals surface area contributed by atoms with E-state index in [1.807, 2.05) is 56.6 Å². The molecule has 5 rings (SSSR count). The number of pyridine rings is 1. The molecule has 0 saturated heterocycles. The maximum Gasteiger partial charge on any atom is 0.333 e. The van der Waals surface area contributed by atoms with E-state index in [0.717, 1.165) is 44.4 Å². The third-order valence-corrected chi connectivity index (χ3v) is 5.98. The molecule has 0 fully saturated rings. The molecule has 2 aromatic carbocycles. The van der Waals surface area contributed by atoms with Gasteiger partial charge in [-0.2, -0.15) is 5.10 Å². The number of carbonyl (C=O) groups excluding carboxylic acids is 1. The van der Waals surface area contributed by atoms with Crippen molar-refractivity contribution in [2.45, 2.75) is 6.92 Å². The van der Waals surface area contributed by atoms with Crippen LogP contribution in [0.25, 0.3) is 38.8 Å². The molecular formula is C25H24N6O2. The Bertz CT molecular complexity index is 1600. The summed E-state index contributed by atoms with van der Waals surface area (Å²) in [6.07, 6.45) is 3.59. The van der Waals surface area contributed by atoms with Crippen LogP contribution < -0.4 is 5.69 Å². The molecule has 0 saturated carbocycles. The zero-order valence-corrected chi connectivity index (χ0v) is 19.2. The van der Waals surface area contributed by atoms with E-state index in [1.165, 1.54) is 0 Å². The van der Waals surface area contributed by atoms with E-state index in [-0.39, 0.29) is 11.6 Å². The number of nitrogens with zero attached hydrogens (tertiary/aromatic N) is 6. The number of carbonyl (C=O) groups is 1. The molecule has 3 aromatic heterocycles. The lowest BCUT2D eigenvalue weighted by molar-refractivity contribution is 0.0827. The molecule has 8 nitrogen and oxygen atoms in total. The molecule has 1 amide bonds. The molecule has 0 unspecified atom stereocenters. The van der Waals surface area contributed by atoms with Gasteiger partial charge in [-0.1, -0.05) is 18.2 Å². The highest BCUT2D eigenvalue weighted by Gasteiger charge is 2.19. The molecule has 166 valence electrons. The third-order valence-electron chi connectivity index (χ3n) is 5.98. The van der Waals surface area contributed by atoms with Crippen molar-refractivity contribution in [1.29, 1.82) is 0 Å². The van der Waals surface area contributed by atoms with Crippen LogP contribution in [0.3, 0.4) is 0 Å². The number of rotatable bonds is 3. The normalized spacial score (nSPS) is 11.4. The summed E-state index contributed by atoms with van der Waals surface area (Å²) in [5, 5.41) is 5.30. The van der Waals surface area contributed by atoms with Crippen LogP contribution in [-0.4, -0.2) is 48.8 Å². The van der Waals surface area contributed by atoms with Gasteiger partial charge in [-0.15, -0.1) is 0 Å². The first-order valence-corrected chi connectivity index (χ1v) is 10.6. The average molecular weight is 441 g/mol. The van der Waals surface area contributed by atoms with Gasteiger partial charge in [-0.05, 0) is 42.3 Å². The Morgan fingerprint density at radius 3 is 2.33 bits per heavy atom. The average Bonchev–Trinajstić information content (AvgIpc) is 3.27. The van der Waals surface area contributed by atoms with Crippen molar-refractivity contribution in [2.24, 2.45) is 14.1 Å². The van der Waals surface area contributed by atoms with Crippen molar-refractivity contribution in [3.8, 4) is 16.8 Å². The van der Waals surface area contributed by atoms with Crippen molar-refractivity contribution in [3.63, 3.8) is 0 Å². The maximum atomic E-state index is 13.2. The van der Waals surface area contributed by atoms with Crippen LogP contribution in [0.2, 0.25) is 0 Å². The molecule has 0 spiro atoms. The molecule has 33 heavy (non-hydrogen) atoms. The fourth-order valence-corrected chi connectivity index (χ4v) is 4.27. The molecule has 0 radical (unpaired) electrons. The molecule has 3 heterocycles. The highest BCUT2D eigenvalue weighted by molar-refractivity contribution is 6.04. The molecule has 5 aromatic rings.